The van der Waals surface area contributed by atoms with Crippen molar-refractivity contribution < 1.29 is 22.3 Å². The van der Waals surface area contributed by atoms with Gasteiger partial charge in [-0.05, 0) is 42.5 Å². The molecule has 31 heavy (non-hydrogen) atoms. The third-order valence-corrected chi connectivity index (χ3v) is 7.54. The van der Waals surface area contributed by atoms with Crippen LogP contribution >= 0.6 is 0 Å². The van der Waals surface area contributed by atoms with Crippen molar-refractivity contribution in [3.63, 3.8) is 0 Å². The summed E-state index contributed by atoms with van der Waals surface area (Å²) in [5.41, 5.74) is 0.739. The molecule has 0 unspecified atom stereocenters. The second kappa shape index (κ2) is 8.64. The minimum atomic E-state index is -3.93. The third-order valence-electron chi connectivity index (χ3n) is 5.62. The first-order valence-corrected chi connectivity index (χ1v) is 11.5. The Balaban J connectivity index is 1.46. The van der Waals surface area contributed by atoms with Crippen LogP contribution in [0.1, 0.15) is 12.8 Å². The maximum absolute atomic E-state index is 13.7. The lowest BCUT2D eigenvalue weighted by Gasteiger charge is -2.31. The molecule has 8 heteroatoms. The molecule has 0 aromatic heterocycles. The molecule has 162 valence electrons. The van der Waals surface area contributed by atoms with Gasteiger partial charge in [0.15, 0.2) is 0 Å². The minimum Gasteiger partial charge on any atom is -0.495 e. The number of rotatable bonds is 5. The summed E-state index contributed by atoms with van der Waals surface area (Å²) in [5, 5.41) is 4.98. The van der Waals surface area contributed by atoms with Crippen molar-refractivity contribution in [3.05, 3.63) is 66.5 Å². The number of halogens is 1. The zero-order chi connectivity index (χ0) is 22.0. The predicted octanol–water partition coefficient (Wildman–Crippen LogP) is 4.03. The average Bonchev–Trinajstić information content (AvgIpc) is 2.79. The number of fused-ring (bicyclic) bond motifs is 1. The van der Waals surface area contributed by atoms with Crippen LogP contribution in [0.4, 0.5) is 10.1 Å². The lowest BCUT2D eigenvalue weighted by Crippen LogP contribution is -2.41. The number of anilines is 1. The highest BCUT2D eigenvalue weighted by molar-refractivity contribution is 7.89. The number of piperidine rings is 1. The quantitative estimate of drug-likeness (QED) is 0.647. The van der Waals surface area contributed by atoms with Crippen LogP contribution in [-0.2, 0) is 14.8 Å². The maximum Gasteiger partial charge on any atom is 0.246 e. The van der Waals surface area contributed by atoms with Gasteiger partial charge in [-0.1, -0.05) is 36.4 Å². The molecule has 1 saturated heterocycles. The van der Waals surface area contributed by atoms with Gasteiger partial charge in [0.05, 0.1) is 7.11 Å². The van der Waals surface area contributed by atoms with Gasteiger partial charge >= 0.3 is 0 Å². The molecule has 4 rings (SSSR count). The topological polar surface area (TPSA) is 75.7 Å². The predicted molar refractivity (Wildman–Crippen MR) is 117 cm³/mol. The maximum atomic E-state index is 13.7. The van der Waals surface area contributed by atoms with Crippen LogP contribution in [-0.4, -0.2) is 38.8 Å². The van der Waals surface area contributed by atoms with Crippen molar-refractivity contribution in [2.24, 2.45) is 5.92 Å². The Hall–Kier alpha value is -2.97. The van der Waals surface area contributed by atoms with E-state index in [-0.39, 0.29) is 35.6 Å². The highest BCUT2D eigenvalue weighted by Crippen LogP contribution is 2.31. The Kier molecular flexibility index (Phi) is 5.93. The number of ether oxygens (including phenoxy) is 1. The van der Waals surface area contributed by atoms with Crippen molar-refractivity contribution in [2.45, 2.75) is 17.7 Å². The van der Waals surface area contributed by atoms with Gasteiger partial charge in [-0.3, -0.25) is 4.79 Å². The normalized spacial score (nSPS) is 15.7. The SMILES string of the molecule is COc1ccc(F)cc1S(=O)(=O)N1CCC(C(=O)Nc2cccc3ccccc23)CC1. The highest BCUT2D eigenvalue weighted by Gasteiger charge is 2.34. The van der Waals surface area contributed by atoms with Crippen molar-refractivity contribution in [2.75, 3.05) is 25.5 Å². The Morgan fingerprint density at radius 2 is 1.77 bits per heavy atom. The summed E-state index contributed by atoms with van der Waals surface area (Å²) in [6.45, 7) is 0.352. The van der Waals surface area contributed by atoms with Crippen LogP contribution in [0.2, 0.25) is 0 Å². The first-order valence-electron chi connectivity index (χ1n) is 10.0. The van der Waals surface area contributed by atoms with Crippen molar-refractivity contribution >= 4 is 32.4 Å². The molecular weight excluding hydrogens is 419 g/mol. The van der Waals surface area contributed by atoms with Crippen LogP contribution in [0.3, 0.4) is 0 Å². The van der Waals surface area contributed by atoms with Crippen LogP contribution in [0, 0.1) is 11.7 Å². The zero-order valence-corrected chi connectivity index (χ0v) is 17.9. The Morgan fingerprint density at radius 3 is 2.52 bits per heavy atom. The van der Waals surface area contributed by atoms with Gasteiger partial charge < -0.3 is 10.1 Å². The summed E-state index contributed by atoms with van der Waals surface area (Å²) in [5.74, 6) is -0.988. The van der Waals surface area contributed by atoms with Gasteiger partial charge in [-0.2, -0.15) is 4.31 Å². The summed E-state index contributed by atoms with van der Waals surface area (Å²) in [6.07, 6.45) is 0.765. The van der Waals surface area contributed by atoms with Crippen molar-refractivity contribution in [1.82, 2.24) is 4.31 Å². The number of amides is 1. The number of nitrogens with zero attached hydrogens (tertiary/aromatic N) is 1. The minimum absolute atomic E-state index is 0.0947. The summed E-state index contributed by atoms with van der Waals surface area (Å²) < 4.78 is 46.1. The lowest BCUT2D eigenvalue weighted by atomic mass is 9.97. The van der Waals surface area contributed by atoms with E-state index < -0.39 is 15.8 Å². The largest absolute Gasteiger partial charge is 0.495 e. The van der Waals surface area contributed by atoms with E-state index in [1.54, 1.807) is 0 Å². The molecule has 0 bridgehead atoms. The molecule has 1 fully saturated rings. The third kappa shape index (κ3) is 4.26. The van der Waals surface area contributed by atoms with E-state index in [0.29, 0.717) is 12.8 Å². The Labute approximate surface area is 180 Å². The number of sulfonamides is 1. The number of benzene rings is 3. The summed E-state index contributed by atoms with van der Waals surface area (Å²) in [7, 11) is -2.58. The number of methoxy groups -OCH3 is 1. The monoisotopic (exact) mass is 442 g/mol. The van der Waals surface area contributed by atoms with Gasteiger partial charge in [-0.25, -0.2) is 12.8 Å². The molecule has 1 N–H and O–H groups in total. The summed E-state index contributed by atoms with van der Waals surface area (Å²) in [4.78, 5) is 12.6. The van der Waals surface area contributed by atoms with Gasteiger partial charge in [-0.15, -0.1) is 0 Å². The molecule has 1 aliphatic heterocycles. The van der Waals surface area contributed by atoms with E-state index in [2.05, 4.69) is 5.32 Å². The smallest absolute Gasteiger partial charge is 0.246 e. The molecule has 6 nitrogen and oxygen atoms in total. The van der Waals surface area contributed by atoms with Gasteiger partial charge in [0, 0.05) is 30.1 Å². The molecule has 0 atom stereocenters. The van der Waals surface area contributed by atoms with Crippen molar-refractivity contribution in [1.29, 1.82) is 0 Å². The second-order valence-corrected chi connectivity index (χ2v) is 9.40. The fourth-order valence-corrected chi connectivity index (χ4v) is 5.56. The number of hydrogen-bond donors (Lipinski definition) is 1. The Morgan fingerprint density at radius 1 is 1.06 bits per heavy atom. The molecule has 0 aliphatic carbocycles. The van der Waals surface area contributed by atoms with E-state index in [1.807, 2.05) is 42.5 Å². The van der Waals surface area contributed by atoms with Crippen LogP contribution in [0.15, 0.2) is 65.6 Å². The van der Waals surface area contributed by atoms with Gasteiger partial charge in [0.1, 0.15) is 16.5 Å². The zero-order valence-electron chi connectivity index (χ0n) is 17.0. The Bertz CT molecular complexity index is 1220. The molecule has 1 aliphatic rings. The summed E-state index contributed by atoms with van der Waals surface area (Å²) in [6, 6.07) is 16.9. The average molecular weight is 443 g/mol. The first kappa shape index (κ1) is 21.3. The van der Waals surface area contributed by atoms with E-state index >= 15 is 0 Å². The molecule has 0 radical (unpaired) electrons. The number of carbonyl (C=O) groups excluding carboxylic acids is 1. The van der Waals surface area contributed by atoms with Crippen molar-refractivity contribution in [3.8, 4) is 5.75 Å². The highest BCUT2D eigenvalue weighted by atomic mass is 32.2. The molecule has 0 saturated carbocycles. The van der Waals surface area contributed by atoms with Crippen LogP contribution in [0.5, 0.6) is 5.75 Å². The molecule has 3 aromatic rings. The lowest BCUT2D eigenvalue weighted by molar-refractivity contribution is -0.120. The molecule has 0 spiro atoms. The number of hydrogen-bond acceptors (Lipinski definition) is 4. The first-order chi connectivity index (χ1) is 14.9. The van der Waals surface area contributed by atoms with E-state index in [1.165, 1.54) is 17.5 Å². The van der Waals surface area contributed by atoms with E-state index in [4.69, 9.17) is 4.74 Å². The van der Waals surface area contributed by atoms with Gasteiger partial charge in [0.2, 0.25) is 15.9 Å². The molecule has 1 amide bonds. The van der Waals surface area contributed by atoms with E-state index in [9.17, 15) is 17.6 Å². The molecular formula is C23H23FN2O4S. The fraction of sp³-hybridized carbons (Fsp3) is 0.261. The molecule has 1 heterocycles. The molecule has 3 aromatic carbocycles. The second-order valence-electron chi connectivity index (χ2n) is 7.49. The number of nitrogens with one attached hydrogen (secondary N) is 1. The standard InChI is InChI=1S/C23H23FN2O4S/c1-30-21-10-9-18(24)15-22(21)31(28,29)26-13-11-17(12-14-26)23(27)25-20-8-4-6-16-5-2-3-7-19(16)20/h2-10,15,17H,11-14H2,1H3,(H,25,27). The van der Waals surface area contributed by atoms with Crippen LogP contribution < -0.4 is 10.1 Å². The number of carbonyl (C=O) groups is 1. The fourth-order valence-electron chi connectivity index (χ4n) is 3.92. The van der Waals surface area contributed by atoms with E-state index in [0.717, 1.165) is 28.6 Å². The van der Waals surface area contributed by atoms with Gasteiger partial charge in [0.25, 0.3) is 0 Å². The van der Waals surface area contributed by atoms with Crippen LogP contribution in [0.25, 0.3) is 10.8 Å². The summed E-state index contributed by atoms with van der Waals surface area (Å²) >= 11 is 0.